The highest BCUT2D eigenvalue weighted by Gasteiger charge is 2.30. The Hall–Kier alpha value is -1.10. The van der Waals surface area contributed by atoms with Crippen molar-refractivity contribution in [1.29, 1.82) is 0 Å². The first kappa shape index (κ1) is 12.9. The van der Waals surface area contributed by atoms with Crippen molar-refractivity contribution >= 4 is 5.95 Å². The van der Waals surface area contributed by atoms with Crippen LogP contribution in [0.4, 0.5) is 5.95 Å². The Labute approximate surface area is 115 Å². The average Bonchev–Trinajstić information content (AvgIpc) is 2.88. The standard InChI is InChI=1S/C14H25N5/c15-9-4-7-13-17-14-16-10-8-12(19(14)18-13)11-5-2-1-3-6-11/h11-12H,1-10,15H2,(H,16,17,18). The van der Waals surface area contributed by atoms with E-state index in [4.69, 9.17) is 10.8 Å². The lowest BCUT2D eigenvalue weighted by molar-refractivity contribution is 0.221. The van der Waals surface area contributed by atoms with Gasteiger partial charge in [-0.2, -0.15) is 10.1 Å². The van der Waals surface area contributed by atoms with Crippen molar-refractivity contribution in [3.05, 3.63) is 5.82 Å². The van der Waals surface area contributed by atoms with Gasteiger partial charge in [-0.25, -0.2) is 4.68 Å². The average molecular weight is 263 g/mol. The summed E-state index contributed by atoms with van der Waals surface area (Å²) in [5, 5.41) is 8.12. The molecule has 1 fully saturated rings. The first-order chi connectivity index (χ1) is 9.38. The van der Waals surface area contributed by atoms with E-state index in [-0.39, 0.29) is 0 Å². The number of hydrogen-bond donors (Lipinski definition) is 2. The van der Waals surface area contributed by atoms with Gasteiger partial charge in [-0.3, -0.25) is 0 Å². The molecule has 0 saturated heterocycles. The highest BCUT2D eigenvalue weighted by molar-refractivity contribution is 5.28. The van der Waals surface area contributed by atoms with E-state index in [1.165, 1.54) is 38.5 Å². The molecule has 5 nitrogen and oxygen atoms in total. The zero-order valence-corrected chi connectivity index (χ0v) is 11.6. The summed E-state index contributed by atoms with van der Waals surface area (Å²) < 4.78 is 2.17. The van der Waals surface area contributed by atoms with Crippen LogP contribution in [0.3, 0.4) is 0 Å². The molecule has 1 aromatic rings. The fourth-order valence-electron chi connectivity index (χ4n) is 3.49. The van der Waals surface area contributed by atoms with Crippen molar-refractivity contribution in [3.63, 3.8) is 0 Å². The van der Waals surface area contributed by atoms with E-state index < -0.39 is 0 Å². The number of fused-ring (bicyclic) bond motifs is 1. The van der Waals surface area contributed by atoms with Gasteiger partial charge in [0, 0.05) is 13.0 Å². The first-order valence-corrected chi connectivity index (χ1v) is 7.78. The lowest BCUT2D eigenvalue weighted by Gasteiger charge is -2.33. The molecule has 0 amide bonds. The molecule has 1 aliphatic carbocycles. The molecule has 1 unspecified atom stereocenters. The molecule has 2 heterocycles. The Kier molecular flexibility index (Phi) is 4.01. The van der Waals surface area contributed by atoms with Gasteiger partial charge in [-0.15, -0.1) is 0 Å². The Morgan fingerprint density at radius 1 is 1.21 bits per heavy atom. The highest BCUT2D eigenvalue weighted by atomic mass is 15.4. The van der Waals surface area contributed by atoms with Crippen LogP contribution < -0.4 is 11.1 Å². The molecule has 0 aromatic carbocycles. The SMILES string of the molecule is NCCCc1nc2n(n1)C(C1CCCCC1)CCN2. The second-order valence-corrected chi connectivity index (χ2v) is 5.87. The zero-order valence-electron chi connectivity index (χ0n) is 11.6. The number of anilines is 1. The van der Waals surface area contributed by atoms with Crippen molar-refractivity contribution in [3.8, 4) is 0 Å². The van der Waals surface area contributed by atoms with Gasteiger partial charge >= 0.3 is 0 Å². The lowest BCUT2D eigenvalue weighted by atomic mass is 9.82. The van der Waals surface area contributed by atoms with Crippen LogP contribution in [0.25, 0.3) is 0 Å². The summed E-state index contributed by atoms with van der Waals surface area (Å²) in [6, 6.07) is 0.565. The van der Waals surface area contributed by atoms with Gasteiger partial charge < -0.3 is 11.1 Å². The number of rotatable bonds is 4. The summed E-state index contributed by atoms with van der Waals surface area (Å²) >= 11 is 0. The minimum absolute atomic E-state index is 0.565. The molecule has 1 saturated carbocycles. The van der Waals surface area contributed by atoms with E-state index >= 15 is 0 Å². The van der Waals surface area contributed by atoms with Crippen molar-refractivity contribution in [2.24, 2.45) is 11.7 Å². The molecule has 2 aliphatic rings. The van der Waals surface area contributed by atoms with Gasteiger partial charge in [0.15, 0.2) is 5.82 Å². The summed E-state index contributed by atoms with van der Waals surface area (Å²) in [6.07, 6.45) is 9.97. The van der Waals surface area contributed by atoms with Crippen molar-refractivity contribution in [2.75, 3.05) is 18.4 Å². The van der Waals surface area contributed by atoms with Crippen LogP contribution in [0, 0.1) is 5.92 Å². The van der Waals surface area contributed by atoms with Gasteiger partial charge in [0.05, 0.1) is 6.04 Å². The fraction of sp³-hybridized carbons (Fsp3) is 0.857. The second-order valence-electron chi connectivity index (χ2n) is 5.87. The maximum atomic E-state index is 5.56. The second kappa shape index (κ2) is 5.90. The fourth-order valence-corrected chi connectivity index (χ4v) is 3.49. The third kappa shape index (κ3) is 2.76. The Morgan fingerprint density at radius 3 is 2.84 bits per heavy atom. The normalized spacial score (nSPS) is 23.9. The van der Waals surface area contributed by atoms with Gasteiger partial charge in [-0.05, 0) is 38.1 Å². The summed E-state index contributed by atoms with van der Waals surface area (Å²) in [5.74, 6) is 2.74. The first-order valence-electron chi connectivity index (χ1n) is 7.78. The third-order valence-electron chi connectivity index (χ3n) is 4.51. The van der Waals surface area contributed by atoms with Crippen molar-refractivity contribution < 1.29 is 0 Å². The lowest BCUT2D eigenvalue weighted by Crippen LogP contribution is -2.30. The van der Waals surface area contributed by atoms with E-state index in [1.54, 1.807) is 0 Å². The monoisotopic (exact) mass is 263 g/mol. The number of nitrogens with one attached hydrogen (secondary N) is 1. The minimum atomic E-state index is 0.565. The van der Waals surface area contributed by atoms with Gasteiger partial charge in [0.25, 0.3) is 0 Å². The largest absolute Gasteiger partial charge is 0.354 e. The topological polar surface area (TPSA) is 68.8 Å². The molecular weight excluding hydrogens is 238 g/mol. The molecule has 3 rings (SSSR count). The molecule has 3 N–H and O–H groups in total. The molecular formula is C14H25N5. The minimum Gasteiger partial charge on any atom is -0.354 e. The van der Waals surface area contributed by atoms with E-state index in [2.05, 4.69) is 15.0 Å². The molecule has 0 radical (unpaired) electrons. The van der Waals surface area contributed by atoms with E-state index in [9.17, 15) is 0 Å². The van der Waals surface area contributed by atoms with Crippen LogP contribution in [0.5, 0.6) is 0 Å². The molecule has 0 bridgehead atoms. The summed E-state index contributed by atoms with van der Waals surface area (Å²) in [6.45, 7) is 1.75. The number of hydrogen-bond acceptors (Lipinski definition) is 4. The Morgan fingerprint density at radius 2 is 2.05 bits per heavy atom. The smallest absolute Gasteiger partial charge is 0.221 e. The Balaban J connectivity index is 1.76. The van der Waals surface area contributed by atoms with Crippen molar-refractivity contribution in [2.45, 2.75) is 57.4 Å². The van der Waals surface area contributed by atoms with Gasteiger partial charge in [0.1, 0.15) is 0 Å². The molecule has 1 atom stereocenters. The molecule has 5 heteroatoms. The Bertz CT molecular complexity index is 408. The van der Waals surface area contributed by atoms with Crippen LogP contribution in [-0.4, -0.2) is 27.9 Å². The molecule has 0 spiro atoms. The van der Waals surface area contributed by atoms with Crippen molar-refractivity contribution in [1.82, 2.24) is 14.8 Å². The van der Waals surface area contributed by atoms with Crippen LogP contribution in [0.2, 0.25) is 0 Å². The third-order valence-corrected chi connectivity index (χ3v) is 4.51. The number of aryl methyl sites for hydroxylation is 1. The van der Waals surface area contributed by atoms with Crippen LogP contribution in [0.15, 0.2) is 0 Å². The predicted octanol–water partition coefficient (Wildman–Crippen LogP) is 2.11. The highest BCUT2D eigenvalue weighted by Crippen LogP contribution is 2.37. The molecule has 106 valence electrons. The number of aromatic nitrogens is 3. The molecule has 1 aromatic heterocycles. The predicted molar refractivity (Wildman–Crippen MR) is 76.1 cm³/mol. The number of nitrogens with two attached hydrogens (primary N) is 1. The summed E-state index contributed by atoms with van der Waals surface area (Å²) in [4.78, 5) is 4.62. The van der Waals surface area contributed by atoms with Gasteiger partial charge in [-0.1, -0.05) is 19.3 Å². The van der Waals surface area contributed by atoms with Crippen LogP contribution in [-0.2, 0) is 6.42 Å². The van der Waals surface area contributed by atoms with Crippen LogP contribution in [0.1, 0.15) is 56.8 Å². The molecule has 1 aliphatic heterocycles. The molecule has 19 heavy (non-hydrogen) atoms. The summed E-state index contributed by atoms with van der Waals surface area (Å²) in [7, 11) is 0. The maximum absolute atomic E-state index is 5.56. The quantitative estimate of drug-likeness (QED) is 0.873. The zero-order chi connectivity index (χ0) is 13.1. The number of nitrogens with zero attached hydrogens (tertiary/aromatic N) is 3. The summed E-state index contributed by atoms with van der Waals surface area (Å²) in [5.41, 5.74) is 5.56. The maximum Gasteiger partial charge on any atom is 0.221 e. The van der Waals surface area contributed by atoms with Crippen LogP contribution >= 0.6 is 0 Å². The van der Waals surface area contributed by atoms with E-state index in [0.717, 1.165) is 37.1 Å². The van der Waals surface area contributed by atoms with E-state index in [1.807, 2.05) is 0 Å². The van der Waals surface area contributed by atoms with E-state index in [0.29, 0.717) is 12.6 Å². The van der Waals surface area contributed by atoms with Gasteiger partial charge in [0.2, 0.25) is 5.95 Å².